The average molecular weight is 155 g/mol. The Hall–Kier alpha value is -0.460. The molecule has 0 aliphatic rings. The number of rotatable bonds is 2. The Morgan fingerprint density at radius 3 is 2.60 bits per heavy atom. The summed E-state index contributed by atoms with van der Waals surface area (Å²) < 4.78 is 1.94. The van der Waals surface area contributed by atoms with Gasteiger partial charge in [0.25, 0.3) is 0 Å². The first kappa shape index (κ1) is 7.64. The van der Waals surface area contributed by atoms with E-state index in [1.807, 2.05) is 23.8 Å². The summed E-state index contributed by atoms with van der Waals surface area (Å²) in [6, 6.07) is 4.17. The smallest absolute Gasteiger partial charge is 0.169 e. The fraction of sp³-hybridized carbons (Fsp3) is 0.286. The van der Waals surface area contributed by atoms with Gasteiger partial charge in [-0.15, -0.1) is 0 Å². The molecule has 3 heteroatoms. The molecule has 0 aliphatic carbocycles. The molecule has 10 heavy (non-hydrogen) atoms. The third-order valence-electron chi connectivity index (χ3n) is 1.30. The summed E-state index contributed by atoms with van der Waals surface area (Å²) in [5, 5.41) is 3.09. The zero-order valence-electron chi connectivity index (χ0n) is 6.04. The van der Waals surface area contributed by atoms with Crippen molar-refractivity contribution in [3.05, 3.63) is 30.1 Å². The van der Waals surface area contributed by atoms with E-state index in [1.165, 1.54) is 5.56 Å². The average Bonchev–Trinajstić information content (AvgIpc) is 1.95. The second kappa shape index (κ2) is 3.65. The summed E-state index contributed by atoms with van der Waals surface area (Å²) in [7, 11) is 4.53. The lowest BCUT2D eigenvalue weighted by molar-refractivity contribution is -0.499. The Bertz CT molecular complexity index is 195. The van der Waals surface area contributed by atoms with Crippen molar-refractivity contribution in [3.8, 4) is 0 Å². The predicted octanol–water partition coefficient (Wildman–Crippen LogP) is 0.332. The Labute approximate surface area is 63.5 Å². The first-order valence-corrected chi connectivity index (χ1v) is 3.74. The molecular formula is C7H12N2P+. The van der Waals surface area contributed by atoms with Crippen LogP contribution in [0.1, 0.15) is 5.56 Å². The van der Waals surface area contributed by atoms with Crippen LogP contribution in [0.25, 0.3) is 0 Å². The lowest BCUT2D eigenvalue weighted by Crippen LogP contribution is -2.17. The van der Waals surface area contributed by atoms with Gasteiger partial charge in [-0.1, -0.05) is 0 Å². The van der Waals surface area contributed by atoms with E-state index >= 15 is 0 Å². The zero-order chi connectivity index (χ0) is 7.40. The Kier molecular flexibility index (Phi) is 2.79. The van der Waals surface area contributed by atoms with Gasteiger partial charge in [-0.2, -0.15) is 4.34 Å². The number of aromatic nitrogens is 1. The molecule has 0 fully saturated rings. The van der Waals surface area contributed by atoms with Gasteiger partial charge in [0, 0.05) is 18.7 Å². The maximum Gasteiger partial charge on any atom is 0.169 e. The van der Waals surface area contributed by atoms with Crippen LogP contribution in [0.4, 0.5) is 0 Å². The van der Waals surface area contributed by atoms with E-state index in [9.17, 15) is 0 Å². The normalized spacial score (nSPS) is 9.80. The van der Waals surface area contributed by atoms with Gasteiger partial charge in [0.05, 0.1) is 0 Å². The molecule has 1 heterocycles. The maximum atomic E-state index is 3.09. The largest absolute Gasteiger partial charge is 0.316 e. The van der Waals surface area contributed by atoms with Gasteiger partial charge in [0.1, 0.15) is 0 Å². The lowest BCUT2D eigenvalue weighted by atomic mass is 10.3. The zero-order valence-corrected chi connectivity index (χ0v) is 7.20. The van der Waals surface area contributed by atoms with Crippen molar-refractivity contribution in [2.75, 3.05) is 7.05 Å². The number of nitrogens with zero attached hydrogens (tertiary/aromatic N) is 1. The van der Waals surface area contributed by atoms with Crippen LogP contribution >= 0.6 is 9.39 Å². The van der Waals surface area contributed by atoms with Crippen molar-refractivity contribution in [2.45, 2.75) is 6.54 Å². The number of pyridine rings is 1. The molecule has 1 atom stereocenters. The van der Waals surface area contributed by atoms with E-state index in [1.54, 1.807) is 0 Å². The Morgan fingerprint density at radius 1 is 1.50 bits per heavy atom. The van der Waals surface area contributed by atoms with Gasteiger partial charge in [-0.05, 0) is 12.6 Å². The predicted molar refractivity (Wildman–Crippen MR) is 44.5 cm³/mol. The van der Waals surface area contributed by atoms with Gasteiger partial charge < -0.3 is 5.32 Å². The van der Waals surface area contributed by atoms with Crippen LogP contribution in [-0.2, 0) is 6.54 Å². The third-order valence-corrected chi connectivity index (χ3v) is 1.65. The van der Waals surface area contributed by atoms with Gasteiger partial charge in [-0.3, -0.25) is 0 Å². The molecule has 1 aromatic rings. The monoisotopic (exact) mass is 155 g/mol. The minimum Gasteiger partial charge on any atom is -0.316 e. The molecule has 0 amide bonds. The summed E-state index contributed by atoms with van der Waals surface area (Å²) >= 11 is 0. The van der Waals surface area contributed by atoms with Crippen molar-refractivity contribution in [2.24, 2.45) is 0 Å². The van der Waals surface area contributed by atoms with Crippen molar-refractivity contribution < 1.29 is 4.34 Å². The van der Waals surface area contributed by atoms with Crippen LogP contribution in [0.3, 0.4) is 0 Å². The molecular weight excluding hydrogens is 143 g/mol. The van der Waals surface area contributed by atoms with Crippen LogP contribution in [0.5, 0.6) is 0 Å². The fourth-order valence-electron chi connectivity index (χ4n) is 0.791. The Morgan fingerprint density at radius 2 is 2.10 bits per heavy atom. The van der Waals surface area contributed by atoms with Crippen molar-refractivity contribution in [1.29, 1.82) is 0 Å². The van der Waals surface area contributed by atoms with Gasteiger partial charge in [0.2, 0.25) is 0 Å². The molecule has 1 N–H and O–H groups in total. The standard InChI is InChI=1S/C7H12N2P/c1-8-6-7-2-4-9(10)5-3-7/h2-5,8H,6,10H2,1H3/q+1. The second-order valence-corrected chi connectivity index (χ2v) is 2.78. The highest BCUT2D eigenvalue weighted by Gasteiger charge is 1.92. The topological polar surface area (TPSA) is 15.9 Å². The van der Waals surface area contributed by atoms with Gasteiger partial charge in [-0.25, -0.2) is 0 Å². The number of hydrogen-bond donors (Lipinski definition) is 1. The van der Waals surface area contributed by atoms with E-state index in [0.29, 0.717) is 0 Å². The lowest BCUT2D eigenvalue weighted by Gasteiger charge is -1.95. The number of nitrogens with one attached hydrogen (secondary N) is 1. The first-order chi connectivity index (χ1) is 4.83. The van der Waals surface area contributed by atoms with Crippen LogP contribution in [0.15, 0.2) is 24.5 Å². The molecule has 0 saturated carbocycles. The van der Waals surface area contributed by atoms with E-state index in [2.05, 4.69) is 26.8 Å². The van der Waals surface area contributed by atoms with Gasteiger partial charge in [0.15, 0.2) is 21.8 Å². The molecule has 2 nitrogen and oxygen atoms in total. The molecule has 1 aromatic heterocycles. The second-order valence-electron chi connectivity index (χ2n) is 2.18. The van der Waals surface area contributed by atoms with Crippen LogP contribution in [0, 0.1) is 0 Å². The summed E-state index contributed by atoms with van der Waals surface area (Å²) in [4.78, 5) is 0. The van der Waals surface area contributed by atoms with Crippen molar-refractivity contribution >= 4 is 9.39 Å². The molecule has 0 aliphatic heterocycles. The SMILES string of the molecule is CNCc1cc[n+](P)cc1. The molecule has 0 radical (unpaired) electrons. The van der Waals surface area contributed by atoms with E-state index in [4.69, 9.17) is 0 Å². The molecule has 54 valence electrons. The summed E-state index contributed by atoms with van der Waals surface area (Å²) in [6.07, 6.45) is 4.02. The summed E-state index contributed by atoms with van der Waals surface area (Å²) in [5.41, 5.74) is 1.31. The van der Waals surface area contributed by atoms with Crippen LogP contribution in [0.2, 0.25) is 0 Å². The summed E-state index contributed by atoms with van der Waals surface area (Å²) in [5.74, 6) is 0. The van der Waals surface area contributed by atoms with Gasteiger partial charge >= 0.3 is 0 Å². The van der Waals surface area contributed by atoms with Crippen LogP contribution < -0.4 is 9.65 Å². The van der Waals surface area contributed by atoms with E-state index in [0.717, 1.165) is 6.54 Å². The van der Waals surface area contributed by atoms with Crippen molar-refractivity contribution in [1.82, 2.24) is 5.32 Å². The quantitative estimate of drug-likeness (QED) is 0.609. The molecule has 0 bridgehead atoms. The Balaban J connectivity index is 2.69. The first-order valence-electron chi connectivity index (χ1n) is 3.23. The van der Waals surface area contributed by atoms with E-state index < -0.39 is 0 Å². The maximum absolute atomic E-state index is 3.09. The highest BCUT2D eigenvalue weighted by molar-refractivity contribution is 7.07. The molecule has 1 rings (SSSR count). The summed E-state index contributed by atoms with van der Waals surface area (Å²) in [6.45, 7) is 0.936. The minimum absolute atomic E-state index is 0.936. The van der Waals surface area contributed by atoms with Crippen molar-refractivity contribution in [3.63, 3.8) is 0 Å². The molecule has 0 aromatic carbocycles. The molecule has 0 spiro atoms. The molecule has 0 saturated heterocycles. The fourth-order valence-corrected chi connectivity index (χ4v) is 0.963. The highest BCUT2D eigenvalue weighted by atomic mass is 31.0. The highest BCUT2D eigenvalue weighted by Crippen LogP contribution is 1.93. The van der Waals surface area contributed by atoms with Crippen LogP contribution in [-0.4, -0.2) is 7.05 Å². The number of hydrogen-bond acceptors (Lipinski definition) is 1. The van der Waals surface area contributed by atoms with E-state index in [-0.39, 0.29) is 0 Å². The third kappa shape index (κ3) is 2.05. The minimum atomic E-state index is 0.936. The molecule has 1 unspecified atom stereocenters.